The molecular weight excluding hydrogens is 377 g/mol. The maximum Gasteiger partial charge on any atom is 0.255 e. The smallest absolute Gasteiger partial charge is 0.255 e. The van der Waals surface area contributed by atoms with Gasteiger partial charge in [-0.3, -0.25) is 9.78 Å². The molecule has 0 saturated heterocycles. The molecule has 150 valence electrons. The number of benzene rings is 3. The zero-order chi connectivity index (χ0) is 21.1. The van der Waals surface area contributed by atoms with E-state index in [-0.39, 0.29) is 11.7 Å². The highest BCUT2D eigenvalue weighted by molar-refractivity contribution is 6.06. The van der Waals surface area contributed by atoms with Gasteiger partial charge in [-0.05, 0) is 72.6 Å². The van der Waals surface area contributed by atoms with E-state index in [1.807, 2.05) is 44.4 Å². The average molecular weight is 399 g/mol. The minimum absolute atomic E-state index is 0.185. The fourth-order valence-corrected chi connectivity index (χ4v) is 3.48. The lowest BCUT2D eigenvalue weighted by Gasteiger charge is -2.12. The van der Waals surface area contributed by atoms with Gasteiger partial charge in [0.25, 0.3) is 5.91 Å². The number of aryl methyl sites for hydroxylation is 1. The Morgan fingerprint density at radius 1 is 0.967 bits per heavy atom. The Bertz CT molecular complexity index is 1200. The Morgan fingerprint density at radius 3 is 2.30 bits per heavy atom. The lowest BCUT2D eigenvalue weighted by Crippen LogP contribution is -2.13. The monoisotopic (exact) mass is 399 g/mol. The number of carbonyl (C=O) groups is 1. The van der Waals surface area contributed by atoms with E-state index < -0.39 is 0 Å². The number of amides is 1. The van der Waals surface area contributed by atoms with E-state index in [4.69, 9.17) is 0 Å². The van der Waals surface area contributed by atoms with E-state index in [2.05, 4.69) is 21.7 Å². The zero-order valence-corrected chi connectivity index (χ0v) is 16.9. The lowest BCUT2D eigenvalue weighted by atomic mass is 10.0. The van der Waals surface area contributed by atoms with Crippen LogP contribution >= 0.6 is 0 Å². The first-order valence-electron chi connectivity index (χ1n) is 9.75. The number of fused-ring (bicyclic) bond motifs is 1. The van der Waals surface area contributed by atoms with E-state index in [0.29, 0.717) is 5.56 Å². The van der Waals surface area contributed by atoms with Crippen molar-refractivity contribution in [2.75, 3.05) is 12.4 Å². The number of pyridine rings is 1. The molecule has 4 rings (SSSR count). The third kappa shape index (κ3) is 4.07. The first-order chi connectivity index (χ1) is 14.5. The van der Waals surface area contributed by atoms with Crippen LogP contribution in [0.3, 0.4) is 0 Å². The van der Waals surface area contributed by atoms with Gasteiger partial charge in [-0.2, -0.15) is 0 Å². The van der Waals surface area contributed by atoms with Crippen LogP contribution in [0.5, 0.6) is 0 Å². The maximum absolute atomic E-state index is 13.1. The van der Waals surface area contributed by atoms with Crippen LogP contribution in [-0.2, 0) is 6.54 Å². The molecule has 5 heteroatoms. The summed E-state index contributed by atoms with van der Waals surface area (Å²) in [5, 5.41) is 7.15. The van der Waals surface area contributed by atoms with E-state index in [9.17, 15) is 9.18 Å². The molecular formula is C25H22FN3O. The predicted octanol–water partition coefficient (Wildman–Crippen LogP) is 5.32. The van der Waals surface area contributed by atoms with E-state index in [1.54, 1.807) is 24.3 Å². The summed E-state index contributed by atoms with van der Waals surface area (Å²) in [6.07, 6.45) is 1.85. The molecule has 4 nitrogen and oxygen atoms in total. The van der Waals surface area contributed by atoms with E-state index >= 15 is 0 Å². The first kappa shape index (κ1) is 19.7. The summed E-state index contributed by atoms with van der Waals surface area (Å²) in [5.41, 5.74) is 6.04. The van der Waals surface area contributed by atoms with Crippen molar-refractivity contribution in [1.82, 2.24) is 10.3 Å². The third-order valence-electron chi connectivity index (χ3n) is 5.12. The molecule has 0 unspecified atom stereocenters. The number of carbonyl (C=O) groups excluding carboxylic acids is 1. The maximum atomic E-state index is 13.1. The molecule has 1 aromatic heterocycles. The number of hydrogen-bond donors (Lipinski definition) is 2. The molecule has 0 bridgehead atoms. The highest BCUT2D eigenvalue weighted by Gasteiger charge is 2.11. The minimum atomic E-state index is -0.270. The van der Waals surface area contributed by atoms with Crippen molar-refractivity contribution >= 4 is 22.5 Å². The molecule has 4 aromatic rings. The lowest BCUT2D eigenvalue weighted by molar-refractivity contribution is 0.102. The van der Waals surface area contributed by atoms with Crippen LogP contribution in [0.4, 0.5) is 10.1 Å². The largest absolute Gasteiger partial charge is 0.322 e. The van der Waals surface area contributed by atoms with Crippen LogP contribution in [-0.4, -0.2) is 17.9 Å². The Hall–Kier alpha value is -3.57. The number of aromatic nitrogens is 1. The van der Waals surface area contributed by atoms with Gasteiger partial charge in [0.2, 0.25) is 0 Å². The van der Waals surface area contributed by atoms with Crippen LogP contribution in [0.15, 0.2) is 72.9 Å². The molecule has 1 heterocycles. The van der Waals surface area contributed by atoms with Gasteiger partial charge in [-0.1, -0.05) is 30.3 Å². The SMILES string of the molecule is CNCc1cnc2c(C)c(NC(=O)c3ccc(-c4ccc(F)cc4)cc3)ccc2c1. The fourth-order valence-electron chi connectivity index (χ4n) is 3.48. The van der Waals surface area contributed by atoms with Crippen molar-refractivity contribution in [2.24, 2.45) is 0 Å². The van der Waals surface area contributed by atoms with Crippen molar-refractivity contribution in [3.05, 3.63) is 95.4 Å². The second-order valence-electron chi connectivity index (χ2n) is 7.22. The zero-order valence-electron chi connectivity index (χ0n) is 16.9. The quantitative estimate of drug-likeness (QED) is 0.477. The molecule has 2 N–H and O–H groups in total. The second kappa shape index (κ2) is 8.43. The van der Waals surface area contributed by atoms with Crippen LogP contribution in [0, 0.1) is 12.7 Å². The molecule has 0 spiro atoms. The standard InChI is InChI=1S/C25H22FN3O/c1-16-23(12-9-21-13-17(14-27-2)15-28-24(16)21)29-25(30)20-5-3-18(4-6-20)19-7-10-22(26)11-8-19/h3-13,15,27H,14H2,1-2H3,(H,29,30). The highest BCUT2D eigenvalue weighted by atomic mass is 19.1. The van der Waals surface area contributed by atoms with Gasteiger partial charge in [0.1, 0.15) is 5.82 Å². The third-order valence-corrected chi connectivity index (χ3v) is 5.12. The van der Waals surface area contributed by atoms with Crippen molar-refractivity contribution in [1.29, 1.82) is 0 Å². The van der Waals surface area contributed by atoms with Gasteiger partial charge >= 0.3 is 0 Å². The Balaban J connectivity index is 1.54. The number of nitrogens with one attached hydrogen (secondary N) is 2. The van der Waals surface area contributed by atoms with Gasteiger partial charge in [0.15, 0.2) is 0 Å². The van der Waals surface area contributed by atoms with Crippen LogP contribution in [0.25, 0.3) is 22.0 Å². The molecule has 0 aliphatic rings. The fraction of sp³-hybridized carbons (Fsp3) is 0.120. The van der Waals surface area contributed by atoms with Crippen molar-refractivity contribution in [2.45, 2.75) is 13.5 Å². The number of hydrogen-bond acceptors (Lipinski definition) is 3. The normalized spacial score (nSPS) is 10.9. The molecule has 1 amide bonds. The van der Waals surface area contributed by atoms with Gasteiger partial charge in [-0.15, -0.1) is 0 Å². The molecule has 0 atom stereocenters. The summed E-state index contributed by atoms with van der Waals surface area (Å²) in [6.45, 7) is 2.72. The van der Waals surface area contributed by atoms with E-state index in [1.165, 1.54) is 12.1 Å². The van der Waals surface area contributed by atoms with Crippen LogP contribution in [0.2, 0.25) is 0 Å². The number of anilines is 1. The summed E-state index contributed by atoms with van der Waals surface area (Å²) < 4.78 is 13.1. The Labute approximate surface area is 174 Å². The first-order valence-corrected chi connectivity index (χ1v) is 9.75. The minimum Gasteiger partial charge on any atom is -0.322 e. The van der Waals surface area contributed by atoms with Crippen LogP contribution < -0.4 is 10.6 Å². The number of rotatable bonds is 5. The second-order valence-corrected chi connectivity index (χ2v) is 7.22. The summed E-state index contributed by atoms with van der Waals surface area (Å²) in [4.78, 5) is 17.3. The predicted molar refractivity (Wildman–Crippen MR) is 119 cm³/mol. The Kier molecular flexibility index (Phi) is 5.55. The van der Waals surface area contributed by atoms with Crippen molar-refractivity contribution < 1.29 is 9.18 Å². The molecule has 0 radical (unpaired) electrons. The van der Waals surface area contributed by atoms with Gasteiger partial charge in [0, 0.05) is 29.4 Å². The summed E-state index contributed by atoms with van der Waals surface area (Å²) >= 11 is 0. The molecule has 0 aliphatic heterocycles. The van der Waals surface area contributed by atoms with Gasteiger partial charge in [0.05, 0.1) is 5.52 Å². The number of nitrogens with zero attached hydrogens (tertiary/aromatic N) is 1. The molecule has 30 heavy (non-hydrogen) atoms. The Morgan fingerprint density at radius 2 is 1.63 bits per heavy atom. The topological polar surface area (TPSA) is 54.0 Å². The molecule has 0 saturated carbocycles. The average Bonchev–Trinajstić information content (AvgIpc) is 2.76. The highest BCUT2D eigenvalue weighted by Crippen LogP contribution is 2.26. The summed E-state index contributed by atoms with van der Waals surface area (Å²) in [5.74, 6) is -0.455. The number of halogens is 1. The molecule has 0 fully saturated rings. The molecule has 3 aromatic carbocycles. The van der Waals surface area contributed by atoms with Crippen molar-refractivity contribution in [3.63, 3.8) is 0 Å². The summed E-state index contributed by atoms with van der Waals surface area (Å²) in [7, 11) is 1.90. The van der Waals surface area contributed by atoms with Crippen molar-refractivity contribution in [3.8, 4) is 11.1 Å². The molecule has 0 aliphatic carbocycles. The summed E-state index contributed by atoms with van der Waals surface area (Å²) in [6, 6.07) is 19.5. The van der Waals surface area contributed by atoms with Gasteiger partial charge in [-0.25, -0.2) is 4.39 Å². The van der Waals surface area contributed by atoms with E-state index in [0.717, 1.165) is 45.4 Å². The van der Waals surface area contributed by atoms with Gasteiger partial charge < -0.3 is 10.6 Å². The van der Waals surface area contributed by atoms with Crippen LogP contribution in [0.1, 0.15) is 21.5 Å².